The zero-order chi connectivity index (χ0) is 16.3. The van der Waals surface area contributed by atoms with Crippen LogP contribution in [0.1, 0.15) is 57.2 Å². The number of aliphatic hydroxyl groups is 1. The third kappa shape index (κ3) is 4.46. The van der Waals surface area contributed by atoms with Crippen molar-refractivity contribution >= 4 is 0 Å². The first-order valence-corrected chi connectivity index (χ1v) is 7.79. The largest absolute Gasteiger partial charge is 0.408 e. The average Bonchev–Trinajstić information content (AvgIpc) is 2.87. The highest BCUT2D eigenvalue weighted by Crippen LogP contribution is 2.35. The lowest BCUT2D eigenvalue weighted by molar-refractivity contribution is -0.158. The van der Waals surface area contributed by atoms with E-state index in [4.69, 9.17) is 0 Å². The molecule has 126 valence electrons. The van der Waals surface area contributed by atoms with Gasteiger partial charge in [-0.15, -0.1) is 0 Å². The summed E-state index contributed by atoms with van der Waals surface area (Å²) in [6.07, 6.45) is 1.62. The van der Waals surface area contributed by atoms with Crippen molar-refractivity contribution in [2.45, 2.75) is 63.9 Å². The van der Waals surface area contributed by atoms with E-state index in [1.54, 1.807) is 4.68 Å². The molecule has 1 saturated carbocycles. The molecule has 0 aliphatic heterocycles. The Morgan fingerprint density at radius 1 is 1.36 bits per heavy atom. The highest BCUT2D eigenvalue weighted by Gasteiger charge is 2.41. The van der Waals surface area contributed by atoms with Gasteiger partial charge in [0.05, 0.1) is 18.3 Å². The van der Waals surface area contributed by atoms with E-state index >= 15 is 0 Å². The number of rotatable bonds is 5. The Morgan fingerprint density at radius 2 is 2.00 bits per heavy atom. The van der Waals surface area contributed by atoms with Crippen molar-refractivity contribution < 1.29 is 18.3 Å². The normalized spacial score (nSPS) is 25.9. The summed E-state index contributed by atoms with van der Waals surface area (Å²) in [7, 11) is 0. The Labute approximate surface area is 128 Å². The minimum Gasteiger partial charge on any atom is -0.392 e. The fourth-order valence-electron chi connectivity index (χ4n) is 2.92. The second-order valence-corrected chi connectivity index (χ2v) is 6.40. The Bertz CT molecular complexity index is 465. The quantitative estimate of drug-likeness (QED) is 0.876. The van der Waals surface area contributed by atoms with Crippen LogP contribution in [0.2, 0.25) is 0 Å². The molecule has 1 aromatic heterocycles. The van der Waals surface area contributed by atoms with Crippen molar-refractivity contribution in [1.29, 1.82) is 0 Å². The summed E-state index contributed by atoms with van der Waals surface area (Å²) in [4.78, 5) is 0. The molecule has 22 heavy (non-hydrogen) atoms. The van der Waals surface area contributed by atoms with E-state index in [0.29, 0.717) is 5.92 Å². The first kappa shape index (κ1) is 17.3. The zero-order valence-electron chi connectivity index (χ0n) is 13.0. The van der Waals surface area contributed by atoms with Gasteiger partial charge >= 0.3 is 6.18 Å². The second kappa shape index (κ2) is 7.00. The van der Waals surface area contributed by atoms with Crippen LogP contribution in [-0.2, 0) is 0 Å². The van der Waals surface area contributed by atoms with Gasteiger partial charge in [0.2, 0.25) is 0 Å². The molecule has 1 heterocycles. The molecule has 1 fully saturated rings. The summed E-state index contributed by atoms with van der Waals surface area (Å²) >= 11 is 0. The predicted molar refractivity (Wildman–Crippen MR) is 77.4 cm³/mol. The molecular formula is C15H24F3N3O. The lowest BCUT2D eigenvalue weighted by Gasteiger charge is -2.26. The number of aromatic nitrogens is 2. The summed E-state index contributed by atoms with van der Waals surface area (Å²) in [5.41, 5.74) is 0.103. The van der Waals surface area contributed by atoms with Crippen LogP contribution in [0.4, 0.5) is 13.2 Å². The first-order valence-electron chi connectivity index (χ1n) is 7.79. The van der Waals surface area contributed by atoms with E-state index in [1.807, 2.05) is 0 Å². The molecule has 0 saturated heterocycles. The summed E-state index contributed by atoms with van der Waals surface area (Å²) in [5.74, 6) is 0.682. The van der Waals surface area contributed by atoms with Gasteiger partial charge in [-0.1, -0.05) is 6.92 Å². The average molecular weight is 319 g/mol. The van der Waals surface area contributed by atoms with Crippen molar-refractivity contribution in [2.24, 2.45) is 5.92 Å². The molecule has 2 unspecified atom stereocenters. The SMILES string of the molecule is CC(O)CNC(c1cnn(C2CCC(C)CC2)c1)C(F)(F)F. The third-order valence-electron chi connectivity index (χ3n) is 4.26. The molecule has 0 aromatic carbocycles. The smallest absolute Gasteiger partial charge is 0.392 e. The molecule has 1 aliphatic carbocycles. The maximum atomic E-state index is 13.2. The van der Waals surface area contributed by atoms with E-state index in [-0.39, 0.29) is 18.2 Å². The molecule has 0 bridgehead atoms. The molecular weight excluding hydrogens is 295 g/mol. The molecule has 0 spiro atoms. The Balaban J connectivity index is 2.09. The topological polar surface area (TPSA) is 50.1 Å². The van der Waals surface area contributed by atoms with Crippen LogP contribution < -0.4 is 5.32 Å². The number of halogens is 3. The van der Waals surface area contributed by atoms with Gasteiger partial charge in [0.1, 0.15) is 6.04 Å². The molecule has 1 aromatic rings. The van der Waals surface area contributed by atoms with Crippen molar-refractivity contribution in [3.8, 4) is 0 Å². The minimum absolute atomic E-state index is 0.103. The molecule has 2 atom stereocenters. The van der Waals surface area contributed by atoms with Crippen molar-refractivity contribution in [3.05, 3.63) is 18.0 Å². The first-order chi connectivity index (χ1) is 10.3. The van der Waals surface area contributed by atoms with Gasteiger partial charge in [0, 0.05) is 18.3 Å². The lowest BCUT2D eigenvalue weighted by atomic mass is 9.87. The standard InChI is InChI=1S/C15H24F3N3O/c1-10-3-5-13(6-4-10)21-9-12(8-20-21)14(15(16,17)18)19-7-11(2)22/h8-11,13-14,19,22H,3-7H2,1-2H3. The van der Waals surface area contributed by atoms with Crippen molar-refractivity contribution in [1.82, 2.24) is 15.1 Å². The predicted octanol–water partition coefficient (Wildman–Crippen LogP) is 3.21. The van der Waals surface area contributed by atoms with Crippen LogP contribution in [0.25, 0.3) is 0 Å². The third-order valence-corrected chi connectivity index (χ3v) is 4.26. The fraction of sp³-hybridized carbons (Fsp3) is 0.800. The highest BCUT2D eigenvalue weighted by atomic mass is 19.4. The summed E-state index contributed by atoms with van der Waals surface area (Å²) in [5, 5.41) is 15.7. The van der Waals surface area contributed by atoms with Gasteiger partial charge in [-0.2, -0.15) is 18.3 Å². The molecule has 2 rings (SSSR count). The van der Waals surface area contributed by atoms with Crippen LogP contribution in [-0.4, -0.2) is 33.7 Å². The number of alkyl halides is 3. The number of hydrogen-bond acceptors (Lipinski definition) is 3. The van der Waals surface area contributed by atoms with Crippen LogP contribution in [0, 0.1) is 5.92 Å². The van der Waals surface area contributed by atoms with Crippen LogP contribution in [0.3, 0.4) is 0 Å². The molecule has 0 amide bonds. The van der Waals surface area contributed by atoms with Gasteiger partial charge < -0.3 is 5.11 Å². The van der Waals surface area contributed by atoms with Gasteiger partial charge in [-0.05, 0) is 38.5 Å². The van der Waals surface area contributed by atoms with Crippen molar-refractivity contribution in [2.75, 3.05) is 6.54 Å². The molecule has 0 radical (unpaired) electrons. The van der Waals surface area contributed by atoms with E-state index in [1.165, 1.54) is 19.3 Å². The van der Waals surface area contributed by atoms with E-state index in [0.717, 1.165) is 25.7 Å². The summed E-state index contributed by atoms with van der Waals surface area (Å²) in [6.45, 7) is 3.54. The van der Waals surface area contributed by atoms with Crippen LogP contribution in [0.15, 0.2) is 12.4 Å². The van der Waals surface area contributed by atoms with Gasteiger partial charge in [0.15, 0.2) is 0 Å². The van der Waals surface area contributed by atoms with Gasteiger partial charge in [-0.25, -0.2) is 0 Å². The minimum atomic E-state index is -4.41. The summed E-state index contributed by atoms with van der Waals surface area (Å²) in [6, 6.07) is -1.60. The van der Waals surface area contributed by atoms with Crippen LogP contribution >= 0.6 is 0 Å². The molecule has 2 N–H and O–H groups in total. The van der Waals surface area contributed by atoms with E-state index in [2.05, 4.69) is 17.3 Å². The van der Waals surface area contributed by atoms with Crippen molar-refractivity contribution in [3.63, 3.8) is 0 Å². The van der Waals surface area contributed by atoms with Gasteiger partial charge in [-0.3, -0.25) is 10.00 Å². The second-order valence-electron chi connectivity index (χ2n) is 6.40. The van der Waals surface area contributed by atoms with E-state index < -0.39 is 18.3 Å². The van der Waals surface area contributed by atoms with E-state index in [9.17, 15) is 18.3 Å². The fourth-order valence-corrected chi connectivity index (χ4v) is 2.92. The lowest BCUT2D eigenvalue weighted by Crippen LogP contribution is -2.37. The zero-order valence-corrected chi connectivity index (χ0v) is 13.0. The maximum Gasteiger partial charge on any atom is 0.408 e. The van der Waals surface area contributed by atoms with Crippen LogP contribution in [0.5, 0.6) is 0 Å². The molecule has 7 heteroatoms. The maximum absolute atomic E-state index is 13.2. The van der Waals surface area contributed by atoms with Gasteiger partial charge in [0.25, 0.3) is 0 Å². The highest BCUT2D eigenvalue weighted by molar-refractivity contribution is 5.13. The Morgan fingerprint density at radius 3 is 2.55 bits per heavy atom. The number of aliphatic hydroxyl groups excluding tert-OH is 1. The summed E-state index contributed by atoms with van der Waals surface area (Å²) < 4.78 is 41.2. The Hall–Kier alpha value is -1.08. The Kier molecular flexibility index (Phi) is 5.50. The monoisotopic (exact) mass is 319 g/mol. The molecule has 4 nitrogen and oxygen atoms in total. The number of hydrogen-bond donors (Lipinski definition) is 2. The number of nitrogens with one attached hydrogen (secondary N) is 1. The molecule has 1 aliphatic rings. The number of nitrogens with zero attached hydrogens (tertiary/aromatic N) is 2.